The summed E-state index contributed by atoms with van der Waals surface area (Å²) in [7, 11) is 0. The molecule has 2 saturated carbocycles. The van der Waals surface area contributed by atoms with Gasteiger partial charge < -0.3 is 0 Å². The molecular weight excluding hydrogens is 276 g/mol. The van der Waals surface area contributed by atoms with Crippen LogP contribution in [0.4, 0.5) is 0 Å². The van der Waals surface area contributed by atoms with E-state index in [1.54, 1.807) is 0 Å². The summed E-state index contributed by atoms with van der Waals surface area (Å²) in [5.74, 6) is 7.57. The van der Waals surface area contributed by atoms with Gasteiger partial charge in [0.05, 0.1) is 0 Å². The van der Waals surface area contributed by atoms with Crippen molar-refractivity contribution in [3.05, 3.63) is 0 Å². The van der Waals surface area contributed by atoms with Gasteiger partial charge in [-0.3, -0.25) is 0 Å². The van der Waals surface area contributed by atoms with Gasteiger partial charge in [-0.25, -0.2) is 0 Å². The van der Waals surface area contributed by atoms with Gasteiger partial charge in [0.1, 0.15) is 0 Å². The van der Waals surface area contributed by atoms with E-state index in [0.717, 1.165) is 47.3 Å². The molecular formula is C23H44. The molecule has 7 unspecified atom stereocenters. The summed E-state index contributed by atoms with van der Waals surface area (Å²) in [4.78, 5) is 0. The molecule has 2 aliphatic rings. The van der Waals surface area contributed by atoms with Crippen molar-refractivity contribution >= 4 is 0 Å². The van der Waals surface area contributed by atoms with Crippen LogP contribution in [0.5, 0.6) is 0 Å². The molecule has 23 heavy (non-hydrogen) atoms. The highest BCUT2D eigenvalue weighted by molar-refractivity contribution is 5.05. The van der Waals surface area contributed by atoms with Gasteiger partial charge in [0.15, 0.2) is 0 Å². The van der Waals surface area contributed by atoms with E-state index in [-0.39, 0.29) is 0 Å². The van der Waals surface area contributed by atoms with Gasteiger partial charge in [-0.15, -0.1) is 0 Å². The van der Waals surface area contributed by atoms with Crippen molar-refractivity contribution in [1.29, 1.82) is 0 Å². The van der Waals surface area contributed by atoms with Crippen molar-refractivity contribution in [2.24, 2.45) is 52.8 Å². The normalized spacial score (nSPS) is 37.4. The van der Waals surface area contributed by atoms with Crippen LogP contribution in [-0.2, 0) is 0 Å². The Morgan fingerprint density at radius 3 is 2.13 bits per heavy atom. The minimum absolute atomic E-state index is 0.593. The van der Waals surface area contributed by atoms with E-state index in [9.17, 15) is 0 Å². The fraction of sp³-hybridized carbons (Fsp3) is 1.00. The predicted octanol–water partition coefficient (Wildman–Crippen LogP) is 7.43. The summed E-state index contributed by atoms with van der Waals surface area (Å²) in [6, 6.07) is 0. The first-order chi connectivity index (χ1) is 10.7. The third-order valence-electron chi connectivity index (χ3n) is 8.34. The Morgan fingerprint density at radius 2 is 1.57 bits per heavy atom. The Balaban J connectivity index is 2.01. The zero-order valence-electron chi connectivity index (χ0n) is 17.4. The van der Waals surface area contributed by atoms with Crippen LogP contribution in [0, 0.1) is 52.8 Å². The van der Waals surface area contributed by atoms with Crippen molar-refractivity contribution in [3.8, 4) is 0 Å². The fourth-order valence-electron chi connectivity index (χ4n) is 6.04. The maximum Gasteiger partial charge on any atom is -0.0300 e. The van der Waals surface area contributed by atoms with E-state index in [2.05, 4.69) is 55.4 Å². The van der Waals surface area contributed by atoms with Gasteiger partial charge in [-0.2, -0.15) is 0 Å². The lowest BCUT2D eigenvalue weighted by Crippen LogP contribution is -2.29. The van der Waals surface area contributed by atoms with Crippen LogP contribution in [0.15, 0.2) is 0 Å². The zero-order chi connectivity index (χ0) is 17.4. The molecule has 0 saturated heterocycles. The van der Waals surface area contributed by atoms with E-state index >= 15 is 0 Å². The van der Waals surface area contributed by atoms with Crippen molar-refractivity contribution in [1.82, 2.24) is 0 Å². The molecule has 0 nitrogen and oxygen atoms in total. The molecule has 2 aliphatic carbocycles. The second-order valence-corrected chi connectivity index (χ2v) is 10.3. The number of hydrogen-bond donors (Lipinski definition) is 0. The third kappa shape index (κ3) is 4.16. The van der Waals surface area contributed by atoms with Gasteiger partial charge in [0.2, 0.25) is 0 Å². The first-order valence-electron chi connectivity index (χ1n) is 10.7. The molecule has 0 heterocycles. The topological polar surface area (TPSA) is 0 Å². The molecule has 0 aromatic rings. The molecule has 136 valence electrons. The quantitative estimate of drug-likeness (QED) is 0.477. The summed E-state index contributed by atoms with van der Waals surface area (Å²) in [6.45, 7) is 19.9. The van der Waals surface area contributed by atoms with Crippen LogP contribution in [0.2, 0.25) is 0 Å². The first-order valence-corrected chi connectivity index (χ1v) is 10.7. The first kappa shape index (κ1) is 19.3. The third-order valence-corrected chi connectivity index (χ3v) is 8.34. The Labute approximate surface area is 147 Å². The molecule has 0 spiro atoms. The Hall–Kier alpha value is 0. The van der Waals surface area contributed by atoms with E-state index in [0.29, 0.717) is 5.41 Å². The molecule has 0 aromatic heterocycles. The lowest BCUT2D eigenvalue weighted by atomic mass is 9.68. The summed E-state index contributed by atoms with van der Waals surface area (Å²) in [5, 5.41) is 0. The molecule has 7 atom stereocenters. The summed E-state index contributed by atoms with van der Waals surface area (Å²) < 4.78 is 0. The Kier molecular flexibility index (Phi) is 6.29. The molecule has 0 amide bonds. The Morgan fingerprint density at radius 1 is 0.913 bits per heavy atom. The fourth-order valence-corrected chi connectivity index (χ4v) is 6.04. The monoisotopic (exact) mass is 320 g/mol. The average molecular weight is 321 g/mol. The van der Waals surface area contributed by atoms with E-state index in [1.807, 2.05) is 0 Å². The molecule has 0 aromatic carbocycles. The largest absolute Gasteiger partial charge is 0.0654 e. The van der Waals surface area contributed by atoms with Gasteiger partial charge >= 0.3 is 0 Å². The highest BCUT2D eigenvalue weighted by Gasteiger charge is 2.56. The van der Waals surface area contributed by atoms with Crippen molar-refractivity contribution in [2.75, 3.05) is 0 Å². The van der Waals surface area contributed by atoms with Crippen LogP contribution in [0.3, 0.4) is 0 Å². The second kappa shape index (κ2) is 7.49. The molecule has 0 heteroatoms. The maximum atomic E-state index is 2.58. The van der Waals surface area contributed by atoms with Crippen LogP contribution in [0.1, 0.15) is 93.9 Å². The van der Waals surface area contributed by atoms with Crippen LogP contribution >= 0.6 is 0 Å². The smallest absolute Gasteiger partial charge is 0.0300 e. The summed E-state index contributed by atoms with van der Waals surface area (Å²) in [6.07, 6.45) is 8.85. The molecule has 0 radical (unpaired) electrons. The van der Waals surface area contributed by atoms with Crippen LogP contribution in [0.25, 0.3) is 0 Å². The number of rotatable bonds is 6. The van der Waals surface area contributed by atoms with E-state index in [4.69, 9.17) is 0 Å². The van der Waals surface area contributed by atoms with Gasteiger partial charge in [-0.1, -0.05) is 68.2 Å². The van der Waals surface area contributed by atoms with Crippen LogP contribution in [-0.4, -0.2) is 0 Å². The van der Waals surface area contributed by atoms with Gasteiger partial charge in [0, 0.05) is 0 Å². The number of fused-ring (bicyclic) bond motifs is 1. The summed E-state index contributed by atoms with van der Waals surface area (Å²) >= 11 is 0. The van der Waals surface area contributed by atoms with Gasteiger partial charge in [-0.05, 0) is 78.4 Å². The molecule has 2 fully saturated rings. The second-order valence-electron chi connectivity index (χ2n) is 10.3. The SMILES string of the molecule is CCCC1C2CCC(C(C)C(C)C(C)C(C)C)CCC(C)(C)C12. The predicted molar refractivity (Wildman–Crippen MR) is 103 cm³/mol. The molecule has 0 N–H and O–H groups in total. The highest BCUT2D eigenvalue weighted by atomic mass is 14.6. The molecule has 0 bridgehead atoms. The average Bonchev–Trinajstić information content (AvgIpc) is 3.17. The van der Waals surface area contributed by atoms with Gasteiger partial charge in [0.25, 0.3) is 0 Å². The highest BCUT2D eigenvalue weighted by Crippen LogP contribution is 2.63. The zero-order valence-corrected chi connectivity index (χ0v) is 17.4. The van der Waals surface area contributed by atoms with E-state index in [1.165, 1.54) is 38.5 Å². The minimum atomic E-state index is 0.593. The van der Waals surface area contributed by atoms with Crippen molar-refractivity contribution < 1.29 is 0 Å². The Bertz CT molecular complexity index is 366. The lowest BCUT2D eigenvalue weighted by molar-refractivity contribution is 0.123. The van der Waals surface area contributed by atoms with Crippen LogP contribution < -0.4 is 0 Å². The minimum Gasteiger partial charge on any atom is -0.0654 e. The maximum absolute atomic E-state index is 2.58. The standard InChI is InChI=1S/C23H44/c1-9-10-20-21-12-11-19(13-14-23(7,8)22(20)21)18(6)17(5)16(4)15(2)3/h15-22H,9-14H2,1-8H3. The molecule has 0 aliphatic heterocycles. The number of hydrogen-bond acceptors (Lipinski definition) is 0. The molecule has 2 rings (SSSR count). The van der Waals surface area contributed by atoms with Crippen molar-refractivity contribution in [2.45, 2.75) is 93.9 Å². The van der Waals surface area contributed by atoms with E-state index < -0.39 is 0 Å². The lowest BCUT2D eigenvalue weighted by Gasteiger charge is -2.37. The van der Waals surface area contributed by atoms with Crippen molar-refractivity contribution in [3.63, 3.8) is 0 Å². The summed E-state index contributed by atoms with van der Waals surface area (Å²) in [5.41, 5.74) is 0.593.